The van der Waals surface area contributed by atoms with Crippen LogP contribution in [0.2, 0.25) is 0 Å². The summed E-state index contributed by atoms with van der Waals surface area (Å²) in [5.74, 6) is -1.42. The van der Waals surface area contributed by atoms with Crippen LogP contribution in [0.1, 0.15) is 79.6 Å². The van der Waals surface area contributed by atoms with Gasteiger partial charge >= 0.3 is 13.6 Å². The summed E-state index contributed by atoms with van der Waals surface area (Å²) in [7, 11) is -4.72. The maximum Gasteiger partial charge on any atom is 0.342 e. The van der Waals surface area contributed by atoms with Crippen molar-refractivity contribution in [1.29, 1.82) is 0 Å². The molecule has 0 fully saturated rings. The highest BCUT2D eigenvalue weighted by molar-refractivity contribution is 7.54. The molecule has 5 nitrogen and oxygen atoms in total. The summed E-state index contributed by atoms with van der Waals surface area (Å²) in [6, 6.07) is 0. The Morgan fingerprint density at radius 3 is 1.77 bits per heavy atom. The number of carbonyl (C=O) groups is 1. The number of allylic oxidation sites excluding steroid dienone is 6. The molecule has 0 spiro atoms. The van der Waals surface area contributed by atoms with Crippen molar-refractivity contribution < 1.29 is 24.3 Å². The predicted molar refractivity (Wildman–Crippen MR) is 107 cm³/mol. The molecule has 0 heterocycles. The lowest BCUT2D eigenvalue weighted by atomic mass is 9.97. The Morgan fingerprint density at radius 1 is 0.923 bits per heavy atom. The van der Waals surface area contributed by atoms with Gasteiger partial charge in [0.15, 0.2) is 5.16 Å². The van der Waals surface area contributed by atoms with Gasteiger partial charge in [-0.05, 0) is 72.6 Å². The molecule has 0 aromatic heterocycles. The van der Waals surface area contributed by atoms with Gasteiger partial charge in [0.1, 0.15) is 0 Å². The van der Waals surface area contributed by atoms with Crippen molar-refractivity contribution in [1.82, 2.24) is 0 Å². The van der Waals surface area contributed by atoms with Gasteiger partial charge in [0.05, 0.1) is 0 Å². The van der Waals surface area contributed by atoms with Gasteiger partial charge in [0.25, 0.3) is 0 Å². The van der Waals surface area contributed by atoms with Crippen LogP contribution >= 0.6 is 7.60 Å². The molecule has 0 rings (SSSR count). The SMILES string of the molecule is CCC(CC/C=C(\C)CC/C=C(\C)CCC=C(C)C)(C(=O)O)P(=O)(O)O. The van der Waals surface area contributed by atoms with Crippen molar-refractivity contribution in [2.45, 2.75) is 84.7 Å². The van der Waals surface area contributed by atoms with Gasteiger partial charge in [-0.15, -0.1) is 0 Å². The molecule has 0 bridgehead atoms. The minimum absolute atomic E-state index is 0.0575. The Morgan fingerprint density at radius 2 is 1.38 bits per heavy atom. The van der Waals surface area contributed by atoms with Gasteiger partial charge in [-0.25, -0.2) is 0 Å². The van der Waals surface area contributed by atoms with Gasteiger partial charge in [-0.3, -0.25) is 9.36 Å². The summed E-state index contributed by atoms with van der Waals surface area (Å²) in [5, 5.41) is 7.33. The van der Waals surface area contributed by atoms with E-state index in [1.54, 1.807) is 0 Å². The number of carboxylic acids is 1. The zero-order chi connectivity index (χ0) is 20.4. The third-order valence-electron chi connectivity index (χ3n) is 4.71. The zero-order valence-electron chi connectivity index (χ0n) is 16.8. The van der Waals surface area contributed by atoms with Crippen LogP contribution in [0, 0.1) is 0 Å². The molecule has 1 atom stereocenters. The molecule has 1 unspecified atom stereocenters. The maximum absolute atomic E-state index is 11.7. The number of rotatable bonds is 12. The molecule has 6 heteroatoms. The van der Waals surface area contributed by atoms with Crippen molar-refractivity contribution in [2.24, 2.45) is 0 Å². The molecular weight excluding hydrogens is 351 g/mol. The first-order valence-electron chi connectivity index (χ1n) is 9.20. The van der Waals surface area contributed by atoms with Crippen LogP contribution in [0.15, 0.2) is 34.9 Å². The first kappa shape index (κ1) is 24.8. The van der Waals surface area contributed by atoms with E-state index in [-0.39, 0.29) is 12.8 Å². The molecule has 0 radical (unpaired) electrons. The Kier molecular flexibility index (Phi) is 11.0. The Bertz CT molecular complexity index is 593. The molecule has 3 N–H and O–H groups in total. The first-order valence-corrected chi connectivity index (χ1v) is 10.8. The second-order valence-corrected chi connectivity index (χ2v) is 9.18. The average molecular weight is 386 g/mol. The van der Waals surface area contributed by atoms with Gasteiger partial charge in [-0.2, -0.15) is 0 Å². The standard InChI is InChI=1S/C20H35O5P/c1-6-20(19(21)22,26(23,24)25)15-9-14-18(5)13-8-12-17(4)11-7-10-16(2)3/h10,12,14H,6-9,11,13,15H2,1-5H3,(H,21,22)(H2,23,24,25)/b17-12+,18-14+. The van der Waals surface area contributed by atoms with E-state index in [1.165, 1.54) is 18.1 Å². The molecule has 0 saturated heterocycles. The van der Waals surface area contributed by atoms with E-state index < -0.39 is 18.7 Å². The Hall–Kier alpha value is -1.16. The molecule has 0 saturated carbocycles. The van der Waals surface area contributed by atoms with Crippen molar-refractivity contribution in [3.8, 4) is 0 Å². The molecule has 0 aliphatic heterocycles. The molecule has 26 heavy (non-hydrogen) atoms. The summed E-state index contributed by atoms with van der Waals surface area (Å²) in [6.07, 6.45) is 10.4. The summed E-state index contributed by atoms with van der Waals surface area (Å²) in [6.45, 7) is 9.79. The summed E-state index contributed by atoms with van der Waals surface area (Å²) in [5.41, 5.74) is 3.79. The maximum atomic E-state index is 11.7. The smallest absolute Gasteiger partial charge is 0.342 e. The van der Waals surface area contributed by atoms with E-state index in [2.05, 4.69) is 32.9 Å². The highest BCUT2D eigenvalue weighted by atomic mass is 31.2. The molecule has 0 aliphatic rings. The second kappa shape index (κ2) is 11.5. The van der Waals surface area contributed by atoms with E-state index >= 15 is 0 Å². The fraction of sp³-hybridized carbons (Fsp3) is 0.650. The first-order chi connectivity index (χ1) is 12.0. The van der Waals surface area contributed by atoms with Crippen LogP contribution in [0.3, 0.4) is 0 Å². The lowest BCUT2D eigenvalue weighted by molar-refractivity contribution is -0.141. The number of aliphatic carboxylic acids is 1. The van der Waals surface area contributed by atoms with Crippen LogP contribution in [-0.2, 0) is 9.36 Å². The molecule has 0 aliphatic carbocycles. The van der Waals surface area contributed by atoms with Gasteiger partial charge in [0.2, 0.25) is 0 Å². The molecular formula is C20H35O5P. The van der Waals surface area contributed by atoms with Crippen molar-refractivity contribution in [3.63, 3.8) is 0 Å². The lowest BCUT2D eigenvalue weighted by Gasteiger charge is -2.28. The second-order valence-electron chi connectivity index (χ2n) is 7.23. The van der Waals surface area contributed by atoms with E-state index in [0.29, 0.717) is 6.42 Å². The van der Waals surface area contributed by atoms with Crippen LogP contribution < -0.4 is 0 Å². The lowest BCUT2D eigenvalue weighted by Crippen LogP contribution is -2.37. The number of carboxylic acid groups (broad SMARTS) is 1. The normalized spacial score (nSPS) is 15.5. The fourth-order valence-electron chi connectivity index (χ4n) is 2.81. The molecule has 0 aromatic carbocycles. The zero-order valence-corrected chi connectivity index (χ0v) is 17.7. The number of hydrogen-bond donors (Lipinski definition) is 3. The Balaban J connectivity index is 4.59. The number of hydrogen-bond acceptors (Lipinski definition) is 2. The van der Waals surface area contributed by atoms with E-state index in [0.717, 1.165) is 31.3 Å². The van der Waals surface area contributed by atoms with Crippen molar-refractivity contribution in [2.75, 3.05) is 0 Å². The highest BCUT2D eigenvalue weighted by Crippen LogP contribution is 2.55. The third kappa shape index (κ3) is 8.48. The molecule has 150 valence electrons. The molecule has 0 aromatic rings. The summed E-state index contributed by atoms with van der Waals surface area (Å²) in [4.78, 5) is 30.4. The summed E-state index contributed by atoms with van der Waals surface area (Å²) < 4.78 is 11.7. The summed E-state index contributed by atoms with van der Waals surface area (Å²) >= 11 is 0. The van der Waals surface area contributed by atoms with Crippen LogP contribution in [-0.4, -0.2) is 26.0 Å². The largest absolute Gasteiger partial charge is 0.480 e. The quantitative estimate of drug-likeness (QED) is 0.300. The van der Waals surface area contributed by atoms with E-state index in [4.69, 9.17) is 0 Å². The topological polar surface area (TPSA) is 94.8 Å². The van der Waals surface area contributed by atoms with Gasteiger partial charge < -0.3 is 14.9 Å². The predicted octanol–water partition coefficient (Wildman–Crippen LogP) is 5.60. The van der Waals surface area contributed by atoms with Crippen LogP contribution in [0.4, 0.5) is 0 Å². The minimum atomic E-state index is -4.72. The van der Waals surface area contributed by atoms with Crippen molar-refractivity contribution in [3.05, 3.63) is 34.9 Å². The Labute approximate surface area is 158 Å². The minimum Gasteiger partial charge on any atom is -0.480 e. The highest BCUT2D eigenvalue weighted by Gasteiger charge is 2.51. The van der Waals surface area contributed by atoms with Crippen molar-refractivity contribution >= 4 is 13.6 Å². The molecule has 0 amide bonds. The van der Waals surface area contributed by atoms with Crippen LogP contribution in [0.5, 0.6) is 0 Å². The van der Waals surface area contributed by atoms with Crippen LogP contribution in [0.25, 0.3) is 0 Å². The van der Waals surface area contributed by atoms with Gasteiger partial charge in [-0.1, -0.05) is 41.9 Å². The van der Waals surface area contributed by atoms with E-state index in [1.807, 2.05) is 13.0 Å². The van der Waals surface area contributed by atoms with Gasteiger partial charge in [0, 0.05) is 0 Å². The third-order valence-corrected chi connectivity index (χ3v) is 6.56. The monoisotopic (exact) mass is 386 g/mol. The fourth-order valence-corrected chi connectivity index (χ4v) is 3.89. The van der Waals surface area contributed by atoms with E-state index in [9.17, 15) is 24.3 Å². The average Bonchev–Trinajstić information content (AvgIpc) is 2.49.